The van der Waals surface area contributed by atoms with Gasteiger partial charge in [0, 0.05) is 12.1 Å². The molecule has 1 rings (SSSR count). The van der Waals surface area contributed by atoms with Crippen molar-refractivity contribution in [1.29, 1.82) is 0 Å². The minimum absolute atomic E-state index is 0.0662. The summed E-state index contributed by atoms with van der Waals surface area (Å²) in [7, 11) is -3.29. The lowest BCUT2D eigenvalue weighted by molar-refractivity contribution is 0.317. The average molecular weight is 243 g/mol. The molecule has 0 spiro atoms. The van der Waals surface area contributed by atoms with Crippen LogP contribution in [0.3, 0.4) is 0 Å². The molecule has 88 valence electrons. The molecule has 0 radical (unpaired) electrons. The number of benzene rings is 1. The second-order valence-corrected chi connectivity index (χ2v) is 5.09. The van der Waals surface area contributed by atoms with Crippen molar-refractivity contribution < 1.29 is 13.6 Å². The van der Waals surface area contributed by atoms with Crippen molar-refractivity contribution in [1.82, 2.24) is 0 Å². The Hall–Kier alpha value is -1.76. The van der Waals surface area contributed by atoms with E-state index in [0.29, 0.717) is 5.69 Å². The minimum Gasteiger partial charge on any atom is -0.409 e. The number of oxime groups is 1. The molecule has 7 heteroatoms. The van der Waals surface area contributed by atoms with E-state index in [1.165, 1.54) is 0 Å². The summed E-state index contributed by atoms with van der Waals surface area (Å²) >= 11 is 0. The van der Waals surface area contributed by atoms with Crippen LogP contribution in [0, 0.1) is 0 Å². The third kappa shape index (κ3) is 4.18. The lowest BCUT2D eigenvalue weighted by atomic mass is 10.1. The van der Waals surface area contributed by atoms with E-state index in [1.54, 1.807) is 24.3 Å². The van der Waals surface area contributed by atoms with Gasteiger partial charge in [0.2, 0.25) is 10.0 Å². The van der Waals surface area contributed by atoms with Crippen molar-refractivity contribution in [2.24, 2.45) is 10.9 Å². The fourth-order valence-corrected chi connectivity index (χ4v) is 1.76. The van der Waals surface area contributed by atoms with Gasteiger partial charge in [0.1, 0.15) is 5.84 Å². The number of amidine groups is 1. The van der Waals surface area contributed by atoms with Crippen LogP contribution in [0.4, 0.5) is 5.69 Å². The molecule has 0 aliphatic carbocycles. The number of nitrogens with zero attached hydrogens (tertiary/aromatic N) is 1. The number of nitrogens with two attached hydrogens (primary N) is 1. The van der Waals surface area contributed by atoms with Gasteiger partial charge >= 0.3 is 0 Å². The van der Waals surface area contributed by atoms with Crippen LogP contribution < -0.4 is 10.5 Å². The average Bonchev–Trinajstić information content (AvgIpc) is 2.15. The molecule has 0 amide bonds. The van der Waals surface area contributed by atoms with Gasteiger partial charge in [-0.2, -0.15) is 0 Å². The molecule has 16 heavy (non-hydrogen) atoms. The van der Waals surface area contributed by atoms with Crippen LogP contribution >= 0.6 is 0 Å². The van der Waals surface area contributed by atoms with Crippen LogP contribution in [0.25, 0.3) is 0 Å². The van der Waals surface area contributed by atoms with E-state index in [-0.39, 0.29) is 12.3 Å². The fourth-order valence-electron chi connectivity index (χ4n) is 1.20. The molecule has 1 aromatic rings. The number of nitrogens with one attached hydrogen (secondary N) is 1. The summed E-state index contributed by atoms with van der Waals surface area (Å²) in [6.07, 6.45) is 1.33. The Morgan fingerprint density at radius 1 is 1.56 bits per heavy atom. The quantitative estimate of drug-likeness (QED) is 0.307. The molecule has 0 fully saturated rings. The molecule has 4 N–H and O–H groups in total. The van der Waals surface area contributed by atoms with Crippen molar-refractivity contribution >= 4 is 21.5 Å². The first-order valence-electron chi connectivity index (χ1n) is 4.44. The van der Waals surface area contributed by atoms with Gasteiger partial charge in [-0.05, 0) is 17.7 Å². The molecule has 0 atom stereocenters. The lowest BCUT2D eigenvalue weighted by Gasteiger charge is -2.05. The molecule has 0 aliphatic rings. The van der Waals surface area contributed by atoms with Crippen molar-refractivity contribution in [2.75, 3.05) is 11.0 Å². The Morgan fingerprint density at radius 3 is 2.81 bits per heavy atom. The second-order valence-electron chi connectivity index (χ2n) is 3.34. The molecule has 1 aromatic carbocycles. The van der Waals surface area contributed by atoms with Crippen LogP contribution in [0.5, 0.6) is 0 Å². The van der Waals surface area contributed by atoms with E-state index in [2.05, 4.69) is 9.88 Å². The highest BCUT2D eigenvalue weighted by atomic mass is 32.2. The molecule has 0 saturated heterocycles. The van der Waals surface area contributed by atoms with E-state index in [4.69, 9.17) is 10.9 Å². The normalized spacial score (nSPS) is 12.4. The van der Waals surface area contributed by atoms with Crippen LogP contribution in [0.1, 0.15) is 5.56 Å². The lowest BCUT2D eigenvalue weighted by Crippen LogP contribution is -2.15. The van der Waals surface area contributed by atoms with E-state index in [9.17, 15) is 8.42 Å². The Kier molecular flexibility index (Phi) is 3.73. The van der Waals surface area contributed by atoms with Gasteiger partial charge in [-0.3, -0.25) is 4.72 Å². The molecule has 0 saturated carbocycles. The Bertz CT molecular complexity index is 496. The molecular weight excluding hydrogens is 230 g/mol. The zero-order valence-electron chi connectivity index (χ0n) is 8.71. The molecule has 0 bridgehead atoms. The standard InChI is InChI=1S/C9H13N3O3S/c1-16(14,15)12-8-4-2-3-7(5-8)6-9(10)11-13/h2-5,12-13H,6H2,1H3,(H2,10,11). The third-order valence-electron chi connectivity index (χ3n) is 1.74. The summed E-state index contributed by atoms with van der Waals surface area (Å²) in [6.45, 7) is 0. The van der Waals surface area contributed by atoms with Gasteiger partial charge in [0.05, 0.1) is 6.26 Å². The monoisotopic (exact) mass is 243 g/mol. The summed E-state index contributed by atoms with van der Waals surface area (Å²) in [5, 5.41) is 11.2. The fraction of sp³-hybridized carbons (Fsp3) is 0.222. The highest BCUT2D eigenvalue weighted by Crippen LogP contribution is 2.12. The van der Waals surface area contributed by atoms with Gasteiger partial charge in [-0.15, -0.1) is 0 Å². The summed E-state index contributed by atoms with van der Waals surface area (Å²) in [5.74, 6) is 0.0662. The first kappa shape index (κ1) is 12.3. The van der Waals surface area contributed by atoms with Crippen LogP contribution in [0.15, 0.2) is 29.4 Å². The van der Waals surface area contributed by atoms with Gasteiger partial charge in [-0.25, -0.2) is 8.42 Å². The molecule has 0 unspecified atom stereocenters. The zero-order valence-corrected chi connectivity index (χ0v) is 9.53. The van der Waals surface area contributed by atoms with Gasteiger partial charge < -0.3 is 10.9 Å². The smallest absolute Gasteiger partial charge is 0.229 e. The Morgan fingerprint density at radius 2 is 2.25 bits per heavy atom. The zero-order chi connectivity index (χ0) is 12.2. The maximum atomic E-state index is 11.0. The SMILES string of the molecule is CS(=O)(=O)Nc1cccc(C/C(N)=N/O)c1. The number of hydrogen-bond acceptors (Lipinski definition) is 4. The largest absolute Gasteiger partial charge is 0.409 e. The van der Waals surface area contributed by atoms with E-state index < -0.39 is 10.0 Å². The van der Waals surface area contributed by atoms with Crippen molar-refractivity contribution in [3.63, 3.8) is 0 Å². The third-order valence-corrected chi connectivity index (χ3v) is 2.35. The molecule has 0 aromatic heterocycles. The molecule has 6 nitrogen and oxygen atoms in total. The first-order valence-corrected chi connectivity index (χ1v) is 6.33. The predicted molar refractivity (Wildman–Crippen MR) is 62.0 cm³/mol. The number of anilines is 1. The second kappa shape index (κ2) is 4.84. The van der Waals surface area contributed by atoms with Crippen LogP contribution in [-0.2, 0) is 16.4 Å². The summed E-state index contributed by atoms with van der Waals surface area (Å²) in [5.41, 5.74) is 6.55. The minimum atomic E-state index is -3.29. The summed E-state index contributed by atoms with van der Waals surface area (Å²) in [6, 6.07) is 6.69. The maximum absolute atomic E-state index is 11.0. The highest BCUT2D eigenvalue weighted by Gasteiger charge is 2.03. The van der Waals surface area contributed by atoms with Crippen molar-refractivity contribution in [3.05, 3.63) is 29.8 Å². The number of rotatable bonds is 4. The van der Waals surface area contributed by atoms with Crippen molar-refractivity contribution in [2.45, 2.75) is 6.42 Å². The van der Waals surface area contributed by atoms with Crippen LogP contribution in [-0.4, -0.2) is 25.7 Å². The first-order chi connectivity index (χ1) is 7.40. The van der Waals surface area contributed by atoms with Gasteiger partial charge in [0.15, 0.2) is 0 Å². The highest BCUT2D eigenvalue weighted by molar-refractivity contribution is 7.92. The molecule has 0 aliphatic heterocycles. The van der Waals surface area contributed by atoms with E-state index in [1.807, 2.05) is 0 Å². The predicted octanol–water partition coefficient (Wildman–Crippen LogP) is 0.347. The van der Waals surface area contributed by atoms with Crippen molar-refractivity contribution in [3.8, 4) is 0 Å². The maximum Gasteiger partial charge on any atom is 0.229 e. The topological polar surface area (TPSA) is 105 Å². The van der Waals surface area contributed by atoms with E-state index >= 15 is 0 Å². The Labute approximate surface area is 93.8 Å². The summed E-state index contributed by atoms with van der Waals surface area (Å²) in [4.78, 5) is 0. The molecule has 0 heterocycles. The Balaban J connectivity index is 2.87. The van der Waals surface area contributed by atoms with E-state index in [0.717, 1.165) is 11.8 Å². The number of sulfonamides is 1. The van der Waals surface area contributed by atoms with Gasteiger partial charge in [0.25, 0.3) is 0 Å². The van der Waals surface area contributed by atoms with Crippen LogP contribution in [0.2, 0.25) is 0 Å². The summed E-state index contributed by atoms with van der Waals surface area (Å²) < 4.78 is 24.3. The number of hydrogen-bond donors (Lipinski definition) is 3. The molecular formula is C9H13N3O3S. The van der Waals surface area contributed by atoms with Gasteiger partial charge in [-0.1, -0.05) is 17.3 Å².